The molecule has 0 heterocycles. The summed E-state index contributed by atoms with van der Waals surface area (Å²) in [6.07, 6.45) is 0. The Labute approximate surface area is 89.6 Å². The fourth-order valence-electron chi connectivity index (χ4n) is 1.19. The van der Waals surface area contributed by atoms with E-state index in [9.17, 15) is 4.39 Å². The van der Waals surface area contributed by atoms with E-state index in [1.165, 1.54) is 12.1 Å². The predicted molar refractivity (Wildman–Crippen MR) is 58.3 cm³/mol. The van der Waals surface area contributed by atoms with E-state index in [-0.39, 0.29) is 12.4 Å². The van der Waals surface area contributed by atoms with Crippen LogP contribution >= 0.6 is 0 Å². The lowest BCUT2D eigenvalue weighted by Crippen LogP contribution is -2.20. The van der Waals surface area contributed by atoms with E-state index in [0.29, 0.717) is 17.9 Å². The van der Waals surface area contributed by atoms with Crippen molar-refractivity contribution in [2.24, 2.45) is 5.73 Å². The van der Waals surface area contributed by atoms with Gasteiger partial charge in [0, 0.05) is 18.7 Å². The maximum atomic E-state index is 12.9. The molecule has 0 saturated carbocycles. The highest BCUT2D eigenvalue weighted by Gasteiger charge is 2.03. The van der Waals surface area contributed by atoms with Crippen LogP contribution in [0.5, 0.6) is 5.75 Å². The molecule has 0 fully saturated rings. The number of halogens is 1. The molecule has 1 aromatic carbocycles. The summed E-state index contributed by atoms with van der Waals surface area (Å²) in [5, 5.41) is 0. The lowest BCUT2D eigenvalue weighted by Gasteiger charge is -2.13. The second kappa shape index (κ2) is 5.68. The van der Waals surface area contributed by atoms with Crippen molar-refractivity contribution in [1.82, 2.24) is 4.90 Å². The molecule has 0 spiro atoms. The molecule has 0 saturated heterocycles. The second-order valence-corrected chi connectivity index (χ2v) is 3.61. The summed E-state index contributed by atoms with van der Waals surface area (Å²) >= 11 is 0. The normalized spacial score (nSPS) is 10.7. The number of nitrogens with zero attached hydrogens (tertiary/aromatic N) is 1. The first-order chi connectivity index (χ1) is 7.13. The molecule has 15 heavy (non-hydrogen) atoms. The van der Waals surface area contributed by atoms with Crippen LogP contribution in [0.3, 0.4) is 0 Å². The minimum Gasteiger partial charge on any atom is -0.492 e. The van der Waals surface area contributed by atoms with E-state index < -0.39 is 0 Å². The molecule has 0 aliphatic carbocycles. The van der Waals surface area contributed by atoms with Crippen LogP contribution in [0.2, 0.25) is 0 Å². The van der Waals surface area contributed by atoms with Gasteiger partial charge >= 0.3 is 0 Å². The van der Waals surface area contributed by atoms with Gasteiger partial charge in [-0.3, -0.25) is 0 Å². The summed E-state index contributed by atoms with van der Waals surface area (Å²) in [7, 11) is 3.94. The molecular weight excluding hydrogens is 195 g/mol. The zero-order valence-electron chi connectivity index (χ0n) is 9.16. The molecule has 0 amide bonds. The Morgan fingerprint density at radius 2 is 2.13 bits per heavy atom. The summed E-state index contributed by atoms with van der Waals surface area (Å²) in [5.41, 5.74) is 6.20. The largest absolute Gasteiger partial charge is 0.492 e. The molecule has 0 radical (unpaired) electrons. The fourth-order valence-corrected chi connectivity index (χ4v) is 1.19. The van der Waals surface area contributed by atoms with Gasteiger partial charge in [-0.1, -0.05) is 0 Å². The number of ether oxygens (including phenoxy) is 1. The Balaban J connectivity index is 2.60. The van der Waals surface area contributed by atoms with Gasteiger partial charge in [-0.15, -0.1) is 0 Å². The summed E-state index contributed by atoms with van der Waals surface area (Å²) in [4.78, 5) is 2.02. The summed E-state index contributed by atoms with van der Waals surface area (Å²) < 4.78 is 18.4. The molecule has 0 atom stereocenters. The third kappa shape index (κ3) is 3.85. The van der Waals surface area contributed by atoms with Crippen LogP contribution in [0.25, 0.3) is 0 Å². The first kappa shape index (κ1) is 11.9. The van der Waals surface area contributed by atoms with Crippen LogP contribution in [-0.4, -0.2) is 32.1 Å². The Bertz CT molecular complexity index is 315. The topological polar surface area (TPSA) is 38.5 Å². The maximum absolute atomic E-state index is 12.9. The minimum atomic E-state index is -0.282. The number of benzene rings is 1. The summed E-state index contributed by atoms with van der Waals surface area (Å²) in [6, 6.07) is 4.41. The summed E-state index contributed by atoms with van der Waals surface area (Å²) in [5.74, 6) is 0.385. The lowest BCUT2D eigenvalue weighted by atomic mass is 10.2. The standard InChI is InChI=1S/C11H17FN2O/c1-14(2)5-6-15-11-4-3-10(12)7-9(11)8-13/h3-4,7H,5-6,8,13H2,1-2H3. The van der Waals surface area contributed by atoms with Gasteiger partial charge in [0.2, 0.25) is 0 Å². The molecule has 0 aliphatic rings. The van der Waals surface area contributed by atoms with Gasteiger partial charge in [0.15, 0.2) is 0 Å². The van der Waals surface area contributed by atoms with Crippen molar-refractivity contribution < 1.29 is 9.13 Å². The molecule has 0 aliphatic heterocycles. The lowest BCUT2D eigenvalue weighted by molar-refractivity contribution is 0.259. The van der Waals surface area contributed by atoms with Crippen molar-refractivity contribution in [2.75, 3.05) is 27.2 Å². The second-order valence-electron chi connectivity index (χ2n) is 3.61. The Morgan fingerprint density at radius 3 is 2.73 bits per heavy atom. The van der Waals surface area contributed by atoms with Crippen LogP contribution in [0.15, 0.2) is 18.2 Å². The van der Waals surface area contributed by atoms with Crippen LogP contribution in [0.4, 0.5) is 4.39 Å². The van der Waals surface area contributed by atoms with Crippen molar-refractivity contribution in [3.05, 3.63) is 29.6 Å². The molecule has 0 bridgehead atoms. The quantitative estimate of drug-likeness (QED) is 0.797. The summed E-state index contributed by atoms with van der Waals surface area (Å²) in [6.45, 7) is 1.68. The number of hydrogen-bond acceptors (Lipinski definition) is 3. The predicted octanol–water partition coefficient (Wildman–Crippen LogP) is 1.22. The first-order valence-corrected chi connectivity index (χ1v) is 4.89. The van der Waals surface area contributed by atoms with E-state index in [2.05, 4.69) is 0 Å². The van der Waals surface area contributed by atoms with Gasteiger partial charge in [0.1, 0.15) is 18.2 Å². The van der Waals surface area contributed by atoms with Gasteiger partial charge in [-0.25, -0.2) is 4.39 Å². The van der Waals surface area contributed by atoms with E-state index in [1.54, 1.807) is 6.07 Å². The van der Waals surface area contributed by atoms with Crippen LogP contribution < -0.4 is 10.5 Å². The number of nitrogens with two attached hydrogens (primary N) is 1. The van der Waals surface area contributed by atoms with Gasteiger partial charge in [0.25, 0.3) is 0 Å². The van der Waals surface area contributed by atoms with E-state index in [1.807, 2.05) is 19.0 Å². The van der Waals surface area contributed by atoms with Crippen LogP contribution in [-0.2, 0) is 6.54 Å². The van der Waals surface area contributed by atoms with E-state index >= 15 is 0 Å². The maximum Gasteiger partial charge on any atom is 0.124 e. The molecular formula is C11H17FN2O. The van der Waals surface area contributed by atoms with Gasteiger partial charge in [-0.2, -0.15) is 0 Å². The van der Waals surface area contributed by atoms with Crippen molar-refractivity contribution in [2.45, 2.75) is 6.54 Å². The Kier molecular flexibility index (Phi) is 4.52. The molecule has 0 aromatic heterocycles. The zero-order chi connectivity index (χ0) is 11.3. The van der Waals surface area contributed by atoms with Crippen molar-refractivity contribution in [3.8, 4) is 5.75 Å². The third-order valence-corrected chi connectivity index (χ3v) is 2.04. The number of likely N-dealkylation sites (N-methyl/N-ethyl adjacent to an activating group) is 1. The molecule has 2 N–H and O–H groups in total. The molecule has 1 aromatic rings. The van der Waals surface area contributed by atoms with Gasteiger partial charge in [-0.05, 0) is 32.3 Å². The zero-order valence-corrected chi connectivity index (χ0v) is 9.16. The monoisotopic (exact) mass is 212 g/mol. The smallest absolute Gasteiger partial charge is 0.124 e. The van der Waals surface area contributed by atoms with E-state index in [4.69, 9.17) is 10.5 Å². The van der Waals surface area contributed by atoms with Gasteiger partial charge in [0.05, 0.1) is 0 Å². The molecule has 3 nitrogen and oxygen atoms in total. The highest BCUT2D eigenvalue weighted by Crippen LogP contribution is 2.18. The Morgan fingerprint density at radius 1 is 1.40 bits per heavy atom. The molecule has 1 rings (SSSR count). The minimum absolute atomic E-state index is 0.282. The number of rotatable bonds is 5. The van der Waals surface area contributed by atoms with Crippen molar-refractivity contribution in [3.63, 3.8) is 0 Å². The highest BCUT2D eigenvalue weighted by atomic mass is 19.1. The average molecular weight is 212 g/mol. The fraction of sp³-hybridized carbons (Fsp3) is 0.455. The van der Waals surface area contributed by atoms with Crippen LogP contribution in [0.1, 0.15) is 5.56 Å². The molecule has 0 unspecified atom stereocenters. The number of hydrogen-bond donors (Lipinski definition) is 1. The van der Waals surface area contributed by atoms with E-state index in [0.717, 1.165) is 6.54 Å². The molecule has 84 valence electrons. The van der Waals surface area contributed by atoms with Crippen molar-refractivity contribution >= 4 is 0 Å². The molecule has 4 heteroatoms. The third-order valence-electron chi connectivity index (χ3n) is 2.04. The first-order valence-electron chi connectivity index (χ1n) is 4.89. The SMILES string of the molecule is CN(C)CCOc1ccc(F)cc1CN. The van der Waals surface area contributed by atoms with Crippen LogP contribution in [0, 0.1) is 5.82 Å². The van der Waals surface area contributed by atoms with Crippen molar-refractivity contribution in [1.29, 1.82) is 0 Å². The van der Waals surface area contributed by atoms with Gasteiger partial charge < -0.3 is 15.4 Å². The Hall–Kier alpha value is -1.13. The average Bonchev–Trinajstić information content (AvgIpc) is 2.19. The highest BCUT2D eigenvalue weighted by molar-refractivity contribution is 5.33.